The highest BCUT2D eigenvalue weighted by atomic mass is 16.5. The summed E-state index contributed by atoms with van der Waals surface area (Å²) in [4.78, 5) is 25.2. The predicted octanol–water partition coefficient (Wildman–Crippen LogP) is 2.95. The number of rotatable bonds is 7. The highest BCUT2D eigenvalue weighted by Gasteiger charge is 2.25. The van der Waals surface area contributed by atoms with E-state index in [-0.39, 0.29) is 11.1 Å². The van der Waals surface area contributed by atoms with Crippen LogP contribution in [0, 0.1) is 0 Å². The van der Waals surface area contributed by atoms with E-state index < -0.39 is 11.5 Å². The molecule has 9 heteroatoms. The van der Waals surface area contributed by atoms with Crippen LogP contribution in [0.2, 0.25) is 0 Å². The number of hydrogen-bond donors (Lipinski definition) is 1. The van der Waals surface area contributed by atoms with Crippen molar-refractivity contribution in [1.29, 1.82) is 0 Å². The third-order valence-electron chi connectivity index (χ3n) is 5.06. The van der Waals surface area contributed by atoms with Gasteiger partial charge in [-0.15, -0.1) is 0 Å². The minimum atomic E-state index is -1.26. The zero-order valence-corrected chi connectivity index (χ0v) is 18.1. The summed E-state index contributed by atoms with van der Waals surface area (Å²) in [5, 5.41) is 10.6. The molecule has 1 heterocycles. The average molecular weight is 429 g/mol. The smallest absolute Gasteiger partial charge is 0.353 e. The lowest BCUT2D eigenvalue weighted by Gasteiger charge is -2.19. The fourth-order valence-electron chi connectivity index (χ4n) is 3.61. The minimum absolute atomic E-state index is 0.195. The molecular formula is C22H23NO8. The van der Waals surface area contributed by atoms with Gasteiger partial charge < -0.3 is 33.4 Å². The first kappa shape index (κ1) is 21.8. The molecule has 31 heavy (non-hydrogen) atoms. The molecule has 0 aliphatic heterocycles. The number of benzene rings is 2. The molecule has 2 aromatic carbocycles. The normalized spacial score (nSPS) is 10.6. The van der Waals surface area contributed by atoms with Gasteiger partial charge in [0.25, 0.3) is 5.56 Å². The average Bonchev–Trinajstić information content (AvgIpc) is 2.78. The first-order valence-electron chi connectivity index (χ1n) is 9.15. The third-order valence-corrected chi connectivity index (χ3v) is 5.06. The van der Waals surface area contributed by atoms with E-state index in [1.165, 1.54) is 48.7 Å². The van der Waals surface area contributed by atoms with Crippen molar-refractivity contribution >= 4 is 16.7 Å². The van der Waals surface area contributed by atoms with E-state index in [4.69, 9.17) is 23.7 Å². The molecule has 0 saturated heterocycles. The number of nitrogens with zero attached hydrogens (tertiary/aromatic N) is 1. The number of aromatic nitrogens is 1. The summed E-state index contributed by atoms with van der Waals surface area (Å²) < 4.78 is 28.0. The minimum Gasteiger partial charge on any atom is -0.493 e. The van der Waals surface area contributed by atoms with Crippen LogP contribution in [0.3, 0.4) is 0 Å². The Labute approximate surface area is 178 Å². The van der Waals surface area contributed by atoms with Crippen molar-refractivity contribution in [3.8, 4) is 39.9 Å². The molecule has 9 nitrogen and oxygen atoms in total. The van der Waals surface area contributed by atoms with Crippen LogP contribution in [0.25, 0.3) is 21.9 Å². The number of methoxy groups -OCH3 is 5. The number of carboxylic acids is 1. The topological polar surface area (TPSA) is 105 Å². The molecule has 1 N–H and O–H groups in total. The van der Waals surface area contributed by atoms with Crippen LogP contribution in [-0.4, -0.2) is 51.2 Å². The zero-order chi connectivity index (χ0) is 22.9. The van der Waals surface area contributed by atoms with Gasteiger partial charge in [0.1, 0.15) is 5.69 Å². The number of carbonyl (C=O) groups is 1. The van der Waals surface area contributed by atoms with E-state index in [2.05, 4.69) is 0 Å². The Kier molecular flexibility index (Phi) is 5.96. The number of aromatic carboxylic acids is 1. The molecule has 1 aromatic heterocycles. The Hall–Kier alpha value is -3.88. The van der Waals surface area contributed by atoms with E-state index in [1.54, 1.807) is 18.2 Å². The molecule has 0 fully saturated rings. The molecule has 0 spiro atoms. The third kappa shape index (κ3) is 3.48. The van der Waals surface area contributed by atoms with Gasteiger partial charge in [0.2, 0.25) is 5.75 Å². The Morgan fingerprint density at radius 3 is 1.68 bits per heavy atom. The van der Waals surface area contributed by atoms with Crippen LogP contribution in [-0.2, 0) is 7.05 Å². The molecule has 0 saturated carbocycles. The highest BCUT2D eigenvalue weighted by Crippen LogP contribution is 2.44. The van der Waals surface area contributed by atoms with Crippen molar-refractivity contribution in [3.05, 3.63) is 40.3 Å². The molecule has 0 aliphatic rings. The monoisotopic (exact) mass is 429 g/mol. The van der Waals surface area contributed by atoms with Crippen LogP contribution < -0.4 is 29.2 Å². The SMILES string of the molecule is COc1cc2c(-c3cc(OC)c(OC)c(OC)c3)c(C(=O)O)n(C)c(=O)c2cc1OC. The molecule has 0 unspecified atom stereocenters. The molecule has 3 rings (SSSR count). The number of ether oxygens (including phenoxy) is 5. The second-order valence-electron chi connectivity index (χ2n) is 6.56. The van der Waals surface area contributed by atoms with E-state index in [9.17, 15) is 14.7 Å². The van der Waals surface area contributed by atoms with Gasteiger partial charge in [-0.05, 0) is 29.8 Å². The van der Waals surface area contributed by atoms with E-state index in [1.807, 2.05) is 0 Å². The largest absolute Gasteiger partial charge is 0.493 e. The van der Waals surface area contributed by atoms with Gasteiger partial charge in [-0.1, -0.05) is 0 Å². The lowest BCUT2D eigenvalue weighted by Crippen LogP contribution is -2.24. The number of pyridine rings is 1. The molecular weight excluding hydrogens is 406 g/mol. The van der Waals surface area contributed by atoms with Gasteiger partial charge >= 0.3 is 5.97 Å². The molecule has 164 valence electrons. The van der Waals surface area contributed by atoms with Gasteiger partial charge in [0.15, 0.2) is 23.0 Å². The van der Waals surface area contributed by atoms with Gasteiger partial charge in [0.05, 0.1) is 40.9 Å². The summed E-state index contributed by atoms with van der Waals surface area (Å²) in [5.74, 6) is 0.490. The maximum absolute atomic E-state index is 13.0. The second kappa shape index (κ2) is 8.47. The first-order valence-corrected chi connectivity index (χ1v) is 9.15. The molecule has 0 radical (unpaired) electrons. The summed E-state index contributed by atoms with van der Waals surface area (Å²) in [5.41, 5.74) is 0.0769. The van der Waals surface area contributed by atoms with Crippen molar-refractivity contribution in [2.45, 2.75) is 0 Å². The lowest BCUT2D eigenvalue weighted by molar-refractivity contribution is 0.0686. The van der Waals surface area contributed by atoms with Crippen LogP contribution >= 0.6 is 0 Å². The second-order valence-corrected chi connectivity index (χ2v) is 6.56. The Morgan fingerprint density at radius 2 is 1.26 bits per heavy atom. The van der Waals surface area contributed by atoms with Crippen molar-refractivity contribution in [3.63, 3.8) is 0 Å². The fraction of sp³-hybridized carbons (Fsp3) is 0.273. The van der Waals surface area contributed by atoms with Crippen LogP contribution in [0.1, 0.15) is 10.5 Å². The first-order chi connectivity index (χ1) is 14.8. The Bertz CT molecular complexity index is 1200. The highest BCUT2D eigenvalue weighted by molar-refractivity contribution is 6.07. The fourth-order valence-corrected chi connectivity index (χ4v) is 3.61. The molecule has 3 aromatic rings. The van der Waals surface area contributed by atoms with Crippen molar-refractivity contribution in [1.82, 2.24) is 4.57 Å². The van der Waals surface area contributed by atoms with Crippen LogP contribution in [0.4, 0.5) is 0 Å². The maximum Gasteiger partial charge on any atom is 0.353 e. The number of carboxylic acid groups (broad SMARTS) is 1. The molecule has 0 bridgehead atoms. The summed E-state index contributed by atoms with van der Waals surface area (Å²) in [6, 6.07) is 6.37. The molecule has 0 atom stereocenters. The quantitative estimate of drug-likeness (QED) is 0.611. The van der Waals surface area contributed by atoms with E-state index >= 15 is 0 Å². The summed E-state index contributed by atoms with van der Waals surface area (Å²) in [6.45, 7) is 0. The van der Waals surface area contributed by atoms with Gasteiger partial charge in [-0.25, -0.2) is 4.79 Å². The van der Waals surface area contributed by atoms with Gasteiger partial charge in [-0.2, -0.15) is 0 Å². The van der Waals surface area contributed by atoms with Crippen molar-refractivity contribution in [2.24, 2.45) is 7.05 Å². The van der Waals surface area contributed by atoms with Crippen molar-refractivity contribution in [2.75, 3.05) is 35.5 Å². The molecule has 0 amide bonds. The van der Waals surface area contributed by atoms with E-state index in [0.29, 0.717) is 45.3 Å². The summed E-state index contributed by atoms with van der Waals surface area (Å²) in [6.07, 6.45) is 0. The molecule has 0 aliphatic carbocycles. The Balaban J connectivity index is 2.57. The van der Waals surface area contributed by atoms with Gasteiger partial charge in [0, 0.05) is 18.0 Å². The van der Waals surface area contributed by atoms with E-state index in [0.717, 1.165) is 4.57 Å². The number of fused-ring (bicyclic) bond motifs is 1. The summed E-state index contributed by atoms with van der Waals surface area (Å²) >= 11 is 0. The summed E-state index contributed by atoms with van der Waals surface area (Å²) in [7, 11) is 8.73. The zero-order valence-electron chi connectivity index (χ0n) is 18.1. The maximum atomic E-state index is 13.0. The van der Waals surface area contributed by atoms with Crippen LogP contribution in [0.15, 0.2) is 29.1 Å². The predicted molar refractivity (Wildman–Crippen MR) is 114 cm³/mol. The lowest BCUT2D eigenvalue weighted by atomic mass is 9.95. The van der Waals surface area contributed by atoms with Gasteiger partial charge in [-0.3, -0.25) is 4.79 Å². The number of hydrogen-bond acceptors (Lipinski definition) is 7. The van der Waals surface area contributed by atoms with Crippen LogP contribution in [0.5, 0.6) is 28.7 Å². The standard InChI is InChI=1S/C22H23NO8/c1-23-19(22(25)26)18(11-7-16(29-4)20(31-6)17(8-11)30-5)12-9-14(27-2)15(28-3)10-13(12)21(23)24/h7-10H,1-6H3,(H,25,26). The Morgan fingerprint density at radius 1 is 0.774 bits per heavy atom. The van der Waals surface area contributed by atoms with Crippen molar-refractivity contribution < 1.29 is 33.6 Å².